The first kappa shape index (κ1) is 13.7. The minimum atomic E-state index is -1.24. The summed E-state index contributed by atoms with van der Waals surface area (Å²) in [5.74, 6) is 1.63. The molecule has 0 heterocycles. The second kappa shape index (κ2) is 7.63. The Bertz CT molecular complexity index is 442. The zero-order valence-electron chi connectivity index (χ0n) is 9.86. The third-order valence-electron chi connectivity index (χ3n) is 2.36. The van der Waals surface area contributed by atoms with Gasteiger partial charge in [0.2, 0.25) is 0 Å². The third kappa shape index (κ3) is 4.85. The molecule has 0 spiro atoms. The Labute approximate surface area is 117 Å². The van der Waals surface area contributed by atoms with Gasteiger partial charge in [-0.05, 0) is 15.7 Å². The Morgan fingerprint density at radius 2 is 1.11 bits per heavy atom. The molecule has 18 heavy (non-hydrogen) atoms. The van der Waals surface area contributed by atoms with Gasteiger partial charge < -0.3 is 0 Å². The summed E-state index contributed by atoms with van der Waals surface area (Å²) in [4.78, 5) is 0. The summed E-state index contributed by atoms with van der Waals surface area (Å²) in [7, 11) is 0. The maximum absolute atomic E-state index is 11.9. The summed E-state index contributed by atoms with van der Waals surface area (Å²) in [6.45, 7) is 0. The molecule has 0 bridgehead atoms. The molecule has 0 aliphatic heterocycles. The molecule has 0 N–H and O–H groups in total. The SMILES string of the molecule is O=[P+](SCc1ccccc1)SCc1ccccc1. The molecule has 2 aromatic rings. The number of hydrogen-bond acceptors (Lipinski definition) is 3. The van der Waals surface area contributed by atoms with E-state index in [0.29, 0.717) is 0 Å². The minimum absolute atomic E-state index is 0.817. The van der Waals surface area contributed by atoms with E-state index in [4.69, 9.17) is 0 Å². The van der Waals surface area contributed by atoms with Crippen molar-refractivity contribution in [3.63, 3.8) is 0 Å². The summed E-state index contributed by atoms with van der Waals surface area (Å²) >= 11 is 3.04. The molecule has 0 saturated carbocycles. The monoisotopic (exact) mass is 293 g/mol. The highest BCUT2D eigenvalue weighted by Crippen LogP contribution is 2.52. The first-order valence-corrected chi connectivity index (χ1v) is 10.1. The highest BCUT2D eigenvalue weighted by Gasteiger charge is 2.19. The van der Waals surface area contributed by atoms with Crippen LogP contribution in [0, 0.1) is 0 Å². The van der Waals surface area contributed by atoms with Crippen molar-refractivity contribution >= 4 is 29.0 Å². The molecule has 0 unspecified atom stereocenters. The van der Waals surface area contributed by atoms with Crippen molar-refractivity contribution in [3.05, 3.63) is 71.8 Å². The van der Waals surface area contributed by atoms with Crippen LogP contribution in [0.25, 0.3) is 0 Å². The van der Waals surface area contributed by atoms with E-state index in [2.05, 4.69) is 24.3 Å². The summed E-state index contributed by atoms with van der Waals surface area (Å²) in [6, 6.07) is 20.3. The number of benzene rings is 2. The van der Waals surface area contributed by atoms with Crippen LogP contribution in [0.3, 0.4) is 0 Å². The molecule has 0 fully saturated rings. The van der Waals surface area contributed by atoms with Gasteiger partial charge in [-0.2, -0.15) is 0 Å². The molecule has 0 aliphatic carbocycles. The predicted octanol–water partition coefficient (Wildman–Crippen LogP) is 5.51. The number of rotatable bonds is 6. The minimum Gasteiger partial charge on any atom is -0.0622 e. The normalized spacial score (nSPS) is 10.2. The first-order valence-electron chi connectivity index (χ1n) is 5.65. The van der Waals surface area contributed by atoms with Crippen LogP contribution >= 0.6 is 29.0 Å². The Balaban J connectivity index is 1.73. The molecule has 2 rings (SSSR count). The van der Waals surface area contributed by atoms with Crippen LogP contribution in [0.15, 0.2) is 60.7 Å². The smallest absolute Gasteiger partial charge is 0.0622 e. The fraction of sp³-hybridized carbons (Fsp3) is 0.143. The van der Waals surface area contributed by atoms with Gasteiger partial charge in [0, 0.05) is 0 Å². The lowest BCUT2D eigenvalue weighted by Gasteiger charge is -1.94. The van der Waals surface area contributed by atoms with Gasteiger partial charge in [-0.3, -0.25) is 0 Å². The van der Waals surface area contributed by atoms with Gasteiger partial charge in [-0.15, -0.1) is 0 Å². The van der Waals surface area contributed by atoms with Crippen molar-refractivity contribution < 1.29 is 4.57 Å². The van der Waals surface area contributed by atoms with Crippen molar-refractivity contribution in [1.29, 1.82) is 0 Å². The van der Waals surface area contributed by atoms with Crippen LogP contribution in [0.1, 0.15) is 11.1 Å². The molecule has 1 nitrogen and oxygen atoms in total. The first-order chi connectivity index (χ1) is 8.84. The fourth-order valence-electron chi connectivity index (χ4n) is 1.44. The molecule has 0 radical (unpaired) electrons. The quantitative estimate of drug-likeness (QED) is 0.654. The predicted molar refractivity (Wildman–Crippen MR) is 83.1 cm³/mol. The van der Waals surface area contributed by atoms with E-state index < -0.39 is 6.20 Å². The van der Waals surface area contributed by atoms with E-state index in [9.17, 15) is 4.57 Å². The second-order valence-corrected chi connectivity index (χ2v) is 9.52. The summed E-state index contributed by atoms with van der Waals surface area (Å²) in [6.07, 6.45) is -1.24. The maximum atomic E-state index is 11.9. The van der Waals surface area contributed by atoms with Crippen molar-refractivity contribution in [2.45, 2.75) is 11.5 Å². The maximum Gasteiger partial charge on any atom is 0.484 e. The molecule has 0 amide bonds. The summed E-state index contributed by atoms with van der Waals surface area (Å²) < 4.78 is 11.9. The van der Waals surface area contributed by atoms with Crippen LogP contribution in [0.4, 0.5) is 0 Å². The van der Waals surface area contributed by atoms with Crippen molar-refractivity contribution in [1.82, 2.24) is 0 Å². The lowest BCUT2D eigenvalue weighted by Crippen LogP contribution is -1.76. The van der Waals surface area contributed by atoms with Gasteiger partial charge in [0.25, 0.3) is 0 Å². The van der Waals surface area contributed by atoms with E-state index in [1.54, 1.807) is 0 Å². The van der Waals surface area contributed by atoms with Crippen LogP contribution in [-0.4, -0.2) is 0 Å². The van der Waals surface area contributed by atoms with Gasteiger partial charge >= 0.3 is 6.20 Å². The van der Waals surface area contributed by atoms with Crippen molar-refractivity contribution in [3.8, 4) is 0 Å². The molecule has 0 atom stereocenters. The molecule has 0 aliphatic rings. The van der Waals surface area contributed by atoms with E-state index in [1.807, 2.05) is 36.4 Å². The highest BCUT2D eigenvalue weighted by atomic mass is 33.1. The summed E-state index contributed by atoms with van der Waals surface area (Å²) in [5, 5.41) is 0. The van der Waals surface area contributed by atoms with Crippen LogP contribution in [-0.2, 0) is 16.1 Å². The van der Waals surface area contributed by atoms with Gasteiger partial charge in [0.05, 0.1) is 11.5 Å². The van der Waals surface area contributed by atoms with Crippen LogP contribution in [0.5, 0.6) is 0 Å². The van der Waals surface area contributed by atoms with Crippen LogP contribution in [0.2, 0.25) is 0 Å². The van der Waals surface area contributed by atoms with E-state index >= 15 is 0 Å². The zero-order valence-corrected chi connectivity index (χ0v) is 12.4. The Kier molecular flexibility index (Phi) is 5.79. The summed E-state index contributed by atoms with van der Waals surface area (Å²) in [5.41, 5.74) is 2.46. The van der Waals surface area contributed by atoms with Crippen molar-refractivity contribution in [2.75, 3.05) is 0 Å². The lowest BCUT2D eigenvalue weighted by molar-refractivity contribution is 0.603. The van der Waals surface area contributed by atoms with E-state index in [-0.39, 0.29) is 0 Å². The molecule has 0 aromatic heterocycles. The van der Waals surface area contributed by atoms with E-state index in [1.165, 1.54) is 33.9 Å². The van der Waals surface area contributed by atoms with Gasteiger partial charge in [0.1, 0.15) is 22.8 Å². The Morgan fingerprint density at radius 1 is 0.722 bits per heavy atom. The fourth-order valence-corrected chi connectivity index (χ4v) is 5.78. The molecular formula is C14H14OPS2+. The topological polar surface area (TPSA) is 17.1 Å². The highest BCUT2D eigenvalue weighted by molar-refractivity contribution is 8.83. The Hall–Kier alpha value is -0.760. The van der Waals surface area contributed by atoms with Gasteiger partial charge in [-0.1, -0.05) is 60.7 Å². The van der Waals surface area contributed by atoms with Crippen LogP contribution < -0.4 is 0 Å². The molecule has 4 heteroatoms. The van der Waals surface area contributed by atoms with Gasteiger partial charge in [-0.25, -0.2) is 0 Å². The molecule has 92 valence electrons. The molecular weight excluding hydrogens is 279 g/mol. The Morgan fingerprint density at radius 3 is 1.50 bits per heavy atom. The third-order valence-corrected chi connectivity index (χ3v) is 7.64. The largest absolute Gasteiger partial charge is 0.484 e. The van der Waals surface area contributed by atoms with E-state index in [0.717, 1.165) is 11.5 Å². The average molecular weight is 293 g/mol. The molecule has 2 aromatic carbocycles. The lowest BCUT2D eigenvalue weighted by atomic mass is 10.2. The zero-order chi connectivity index (χ0) is 12.6. The van der Waals surface area contributed by atoms with Crippen molar-refractivity contribution in [2.24, 2.45) is 0 Å². The average Bonchev–Trinajstić information content (AvgIpc) is 2.45. The molecule has 0 saturated heterocycles. The standard InChI is InChI=1S/C14H14OPS2/c15-16(17-11-13-7-3-1-4-8-13)18-12-14-9-5-2-6-10-14/h1-10H,11-12H2/q+1. The number of hydrogen-bond donors (Lipinski definition) is 0. The van der Waals surface area contributed by atoms with Gasteiger partial charge in [0.15, 0.2) is 0 Å². The second-order valence-electron chi connectivity index (χ2n) is 3.74.